The number of esters is 1. The zero-order chi connectivity index (χ0) is 23.5. The molecule has 0 bridgehead atoms. The maximum absolute atomic E-state index is 13.1. The molecule has 2 rings (SSSR count). The van der Waals surface area contributed by atoms with Crippen molar-refractivity contribution >= 4 is 33.2 Å². The van der Waals surface area contributed by atoms with Gasteiger partial charge in [0.25, 0.3) is 5.69 Å². The van der Waals surface area contributed by atoms with Crippen LogP contribution in [0.3, 0.4) is 0 Å². The van der Waals surface area contributed by atoms with Gasteiger partial charge in [0, 0.05) is 35.0 Å². The fraction of sp³-hybridized carbons (Fsp3) is 0.450. The summed E-state index contributed by atoms with van der Waals surface area (Å²) in [4.78, 5) is 41.0. The SMILES string of the molecule is CNS(=O)(=O)CC(=O)C1=C(C)N=C(C)C(C(=O)OC(C)C)C1c1cccc([N+](=O)[O-])c1. The quantitative estimate of drug-likeness (QED) is 0.362. The van der Waals surface area contributed by atoms with Crippen molar-refractivity contribution < 1.29 is 27.7 Å². The number of allylic oxidation sites excluding steroid dienone is 2. The van der Waals surface area contributed by atoms with Crippen LogP contribution in [0.15, 0.2) is 40.5 Å². The Labute approximate surface area is 180 Å². The van der Waals surface area contributed by atoms with Gasteiger partial charge < -0.3 is 4.74 Å². The van der Waals surface area contributed by atoms with Gasteiger partial charge in [0.15, 0.2) is 5.78 Å². The molecule has 0 radical (unpaired) electrons. The lowest BCUT2D eigenvalue weighted by Crippen LogP contribution is -2.38. The van der Waals surface area contributed by atoms with Crippen LogP contribution in [0.2, 0.25) is 0 Å². The number of nitro groups is 1. The molecule has 0 spiro atoms. The fourth-order valence-electron chi connectivity index (χ4n) is 3.53. The molecule has 0 saturated heterocycles. The third-order valence-electron chi connectivity index (χ3n) is 4.81. The highest BCUT2D eigenvalue weighted by Crippen LogP contribution is 2.41. The summed E-state index contributed by atoms with van der Waals surface area (Å²) in [5, 5.41) is 11.3. The number of hydrogen-bond donors (Lipinski definition) is 1. The highest BCUT2D eigenvalue weighted by Gasteiger charge is 2.42. The van der Waals surface area contributed by atoms with Crippen LogP contribution in [0.1, 0.15) is 39.2 Å². The number of ether oxygens (including phenoxy) is 1. The van der Waals surface area contributed by atoms with Crippen LogP contribution >= 0.6 is 0 Å². The molecule has 1 aromatic rings. The minimum Gasteiger partial charge on any atom is -0.462 e. The zero-order valence-corrected chi connectivity index (χ0v) is 18.7. The lowest BCUT2D eigenvalue weighted by molar-refractivity contribution is -0.384. The van der Waals surface area contributed by atoms with E-state index < -0.39 is 50.4 Å². The molecule has 31 heavy (non-hydrogen) atoms. The Kier molecular flexibility index (Phi) is 7.45. The van der Waals surface area contributed by atoms with Gasteiger partial charge in [-0.25, -0.2) is 13.1 Å². The molecule has 1 heterocycles. The predicted octanol–water partition coefficient (Wildman–Crippen LogP) is 2.11. The first-order chi connectivity index (χ1) is 14.4. The van der Waals surface area contributed by atoms with Crippen molar-refractivity contribution in [3.05, 3.63) is 51.2 Å². The number of carbonyl (C=O) groups excluding carboxylic acids is 2. The number of non-ortho nitro benzene ring substituents is 1. The number of Topliss-reactive ketones (excluding diaryl/α,β-unsaturated/α-hetero) is 1. The van der Waals surface area contributed by atoms with Gasteiger partial charge in [-0.1, -0.05) is 12.1 Å². The second-order valence-corrected chi connectivity index (χ2v) is 9.36. The molecule has 0 amide bonds. The summed E-state index contributed by atoms with van der Waals surface area (Å²) in [6, 6.07) is 5.56. The maximum atomic E-state index is 13.1. The van der Waals surface area contributed by atoms with Crippen molar-refractivity contribution in [3.63, 3.8) is 0 Å². The first-order valence-electron chi connectivity index (χ1n) is 9.53. The lowest BCUT2D eigenvalue weighted by Gasteiger charge is -2.32. The third kappa shape index (κ3) is 5.61. The molecule has 1 aliphatic heterocycles. The smallest absolute Gasteiger partial charge is 0.315 e. The molecule has 2 atom stereocenters. The van der Waals surface area contributed by atoms with Gasteiger partial charge in [-0.2, -0.15) is 0 Å². The van der Waals surface area contributed by atoms with Gasteiger partial charge in [-0.05, 0) is 40.3 Å². The molecule has 0 fully saturated rings. The monoisotopic (exact) mass is 451 g/mol. The predicted molar refractivity (Wildman–Crippen MR) is 114 cm³/mol. The van der Waals surface area contributed by atoms with Gasteiger partial charge in [-0.15, -0.1) is 0 Å². The topological polar surface area (TPSA) is 145 Å². The summed E-state index contributed by atoms with van der Waals surface area (Å²) in [7, 11) is -2.71. The summed E-state index contributed by atoms with van der Waals surface area (Å²) >= 11 is 0. The van der Waals surface area contributed by atoms with E-state index in [1.165, 1.54) is 32.2 Å². The molecule has 1 aromatic carbocycles. The Bertz CT molecular complexity index is 1070. The minimum atomic E-state index is -3.90. The second kappa shape index (κ2) is 9.48. The molecule has 0 aromatic heterocycles. The number of carbonyl (C=O) groups is 2. The molecule has 2 unspecified atom stereocenters. The Morgan fingerprint density at radius 3 is 2.48 bits per heavy atom. The number of nitrogens with one attached hydrogen (secondary N) is 1. The Morgan fingerprint density at radius 2 is 1.94 bits per heavy atom. The van der Waals surface area contributed by atoms with Gasteiger partial charge >= 0.3 is 5.97 Å². The van der Waals surface area contributed by atoms with Crippen molar-refractivity contribution in [2.75, 3.05) is 12.8 Å². The standard InChI is InChI=1S/C20H25N3O7S/c1-11(2)30-20(25)18-13(4)22-12(3)17(16(24)10-31(28,29)21-5)19(18)14-7-6-8-15(9-14)23(26)27/h6-9,11,18-19,21H,10H2,1-5H3. The van der Waals surface area contributed by atoms with E-state index in [0.717, 1.165) is 0 Å². The summed E-state index contributed by atoms with van der Waals surface area (Å²) < 4.78 is 31.4. The van der Waals surface area contributed by atoms with Gasteiger partial charge in [0.2, 0.25) is 10.0 Å². The van der Waals surface area contributed by atoms with Crippen LogP contribution in [0.4, 0.5) is 5.69 Å². The van der Waals surface area contributed by atoms with E-state index in [1.807, 2.05) is 0 Å². The number of nitrogens with zero attached hydrogens (tertiary/aromatic N) is 2. The van der Waals surface area contributed by atoms with Crippen molar-refractivity contribution in [1.29, 1.82) is 0 Å². The van der Waals surface area contributed by atoms with E-state index in [4.69, 9.17) is 4.74 Å². The largest absolute Gasteiger partial charge is 0.462 e. The number of rotatable bonds is 8. The number of sulfonamides is 1. The number of benzene rings is 1. The first-order valence-corrected chi connectivity index (χ1v) is 11.2. The summed E-state index contributed by atoms with van der Waals surface area (Å²) in [5.41, 5.74) is 0.724. The fourth-order valence-corrected chi connectivity index (χ4v) is 4.17. The molecule has 1 aliphatic rings. The van der Waals surface area contributed by atoms with E-state index >= 15 is 0 Å². The van der Waals surface area contributed by atoms with Crippen LogP contribution in [0, 0.1) is 16.0 Å². The van der Waals surface area contributed by atoms with E-state index in [1.54, 1.807) is 26.8 Å². The van der Waals surface area contributed by atoms with Crippen molar-refractivity contribution in [2.24, 2.45) is 10.9 Å². The normalized spacial score (nSPS) is 19.2. The highest BCUT2D eigenvalue weighted by molar-refractivity contribution is 7.90. The van der Waals surface area contributed by atoms with E-state index in [9.17, 15) is 28.1 Å². The second-order valence-electron chi connectivity index (χ2n) is 7.43. The van der Waals surface area contributed by atoms with Crippen LogP contribution in [-0.4, -0.2) is 49.7 Å². The Hall–Kier alpha value is -2.92. The maximum Gasteiger partial charge on any atom is 0.315 e. The van der Waals surface area contributed by atoms with Crippen LogP contribution in [-0.2, 0) is 24.3 Å². The molecule has 168 valence electrons. The van der Waals surface area contributed by atoms with Crippen molar-refractivity contribution in [3.8, 4) is 0 Å². The third-order valence-corrected chi connectivity index (χ3v) is 6.07. The van der Waals surface area contributed by atoms with E-state index in [0.29, 0.717) is 11.3 Å². The molecule has 0 aliphatic carbocycles. The van der Waals surface area contributed by atoms with E-state index in [-0.39, 0.29) is 17.0 Å². The van der Waals surface area contributed by atoms with Crippen LogP contribution in [0.25, 0.3) is 0 Å². The number of aliphatic imine (C=N–C) groups is 1. The molecule has 1 N–H and O–H groups in total. The molecular weight excluding hydrogens is 426 g/mol. The zero-order valence-electron chi connectivity index (χ0n) is 17.9. The van der Waals surface area contributed by atoms with Crippen molar-refractivity contribution in [2.45, 2.75) is 39.7 Å². The Balaban J connectivity index is 2.70. The van der Waals surface area contributed by atoms with Crippen LogP contribution in [0.5, 0.6) is 0 Å². The first kappa shape index (κ1) is 24.4. The molecule has 0 saturated carbocycles. The van der Waals surface area contributed by atoms with Crippen molar-refractivity contribution in [1.82, 2.24) is 4.72 Å². The summed E-state index contributed by atoms with van der Waals surface area (Å²) in [6.45, 7) is 6.48. The molecular formula is C20H25N3O7S. The lowest BCUT2D eigenvalue weighted by atomic mass is 9.74. The van der Waals surface area contributed by atoms with E-state index in [2.05, 4.69) is 9.71 Å². The van der Waals surface area contributed by atoms with Gasteiger partial charge in [0.05, 0.1) is 11.0 Å². The van der Waals surface area contributed by atoms with Gasteiger partial charge in [-0.3, -0.25) is 24.7 Å². The Morgan fingerprint density at radius 1 is 1.29 bits per heavy atom. The summed E-state index contributed by atoms with van der Waals surface area (Å²) in [5.74, 6) is -4.27. The number of nitro benzene ring substituents is 1. The average Bonchev–Trinajstić information content (AvgIpc) is 2.66. The van der Waals surface area contributed by atoms with Crippen LogP contribution < -0.4 is 4.72 Å². The number of hydrogen-bond acceptors (Lipinski definition) is 8. The average molecular weight is 452 g/mol. The number of ketones is 1. The molecule has 11 heteroatoms. The highest BCUT2D eigenvalue weighted by atomic mass is 32.2. The molecule has 10 nitrogen and oxygen atoms in total. The minimum absolute atomic E-state index is 0.00984. The van der Waals surface area contributed by atoms with Gasteiger partial charge in [0.1, 0.15) is 11.7 Å². The summed E-state index contributed by atoms with van der Waals surface area (Å²) in [6.07, 6.45) is -0.443.